The van der Waals surface area contributed by atoms with E-state index in [0.29, 0.717) is 10.8 Å². The highest BCUT2D eigenvalue weighted by molar-refractivity contribution is 5.24. The standard InChI is InChI=1S/C31H54O/c1-4-5-6-7-8-9-10-11-12-13-14-24-16-18-28-27-17-15-25-23-26(32)19-21-31(25,3)29(27)20-22-30(24,28)2/h14,25-29,32H,4-13,15-23H2,1-3H3/b24-14-/t25?,26-,27?,28?,29?,30-,31+/m1/s1. The van der Waals surface area contributed by atoms with Crippen molar-refractivity contribution in [1.82, 2.24) is 0 Å². The summed E-state index contributed by atoms with van der Waals surface area (Å²) in [4.78, 5) is 0. The molecule has 0 aliphatic heterocycles. The highest BCUT2D eigenvalue weighted by atomic mass is 16.3. The number of rotatable bonds is 10. The van der Waals surface area contributed by atoms with E-state index < -0.39 is 0 Å². The highest BCUT2D eigenvalue weighted by Crippen LogP contribution is 2.67. The van der Waals surface area contributed by atoms with Gasteiger partial charge < -0.3 is 5.11 Å². The van der Waals surface area contributed by atoms with Gasteiger partial charge in [0, 0.05) is 0 Å². The monoisotopic (exact) mass is 442 g/mol. The summed E-state index contributed by atoms with van der Waals surface area (Å²) in [5.41, 5.74) is 2.89. The molecule has 0 spiro atoms. The van der Waals surface area contributed by atoms with Crippen molar-refractivity contribution in [2.45, 2.75) is 149 Å². The van der Waals surface area contributed by atoms with E-state index in [1.54, 1.807) is 0 Å². The predicted octanol–water partition coefficient (Wildman–Crippen LogP) is 9.24. The van der Waals surface area contributed by atoms with Gasteiger partial charge in [0.1, 0.15) is 0 Å². The molecular weight excluding hydrogens is 388 g/mol. The molecule has 32 heavy (non-hydrogen) atoms. The van der Waals surface area contributed by atoms with Crippen LogP contribution in [0, 0.1) is 34.5 Å². The van der Waals surface area contributed by atoms with Crippen LogP contribution in [0.1, 0.15) is 143 Å². The molecule has 4 aliphatic carbocycles. The fraction of sp³-hybridized carbons (Fsp3) is 0.935. The zero-order valence-electron chi connectivity index (χ0n) is 21.8. The number of unbranched alkanes of at least 4 members (excludes halogenated alkanes) is 9. The molecule has 1 nitrogen and oxygen atoms in total. The van der Waals surface area contributed by atoms with E-state index in [0.717, 1.165) is 36.5 Å². The Kier molecular flexibility index (Phi) is 8.50. The molecule has 4 saturated carbocycles. The molecular formula is C31H54O. The number of allylic oxidation sites excluding steroid dienone is 2. The highest BCUT2D eigenvalue weighted by Gasteiger charge is 2.58. The molecule has 184 valence electrons. The lowest BCUT2D eigenvalue weighted by Crippen LogP contribution is -2.53. The fourth-order valence-electron chi connectivity index (χ4n) is 9.15. The topological polar surface area (TPSA) is 20.2 Å². The molecule has 4 unspecified atom stereocenters. The Morgan fingerprint density at radius 1 is 0.812 bits per heavy atom. The average Bonchev–Trinajstić information content (AvgIpc) is 3.12. The maximum atomic E-state index is 10.3. The van der Waals surface area contributed by atoms with Gasteiger partial charge in [0.2, 0.25) is 0 Å². The van der Waals surface area contributed by atoms with Gasteiger partial charge in [-0.2, -0.15) is 0 Å². The minimum atomic E-state index is -0.0134. The Hall–Kier alpha value is -0.300. The molecule has 1 N–H and O–H groups in total. The van der Waals surface area contributed by atoms with Gasteiger partial charge in [-0.3, -0.25) is 0 Å². The number of hydrogen-bond acceptors (Lipinski definition) is 1. The zero-order valence-corrected chi connectivity index (χ0v) is 21.8. The van der Waals surface area contributed by atoms with Gasteiger partial charge in [0.05, 0.1) is 6.10 Å². The molecule has 0 aromatic carbocycles. The van der Waals surface area contributed by atoms with E-state index in [1.165, 1.54) is 109 Å². The van der Waals surface area contributed by atoms with Crippen LogP contribution >= 0.6 is 0 Å². The summed E-state index contributed by atoms with van der Waals surface area (Å²) in [5.74, 6) is 3.63. The van der Waals surface area contributed by atoms with Crippen molar-refractivity contribution in [3.8, 4) is 0 Å². The van der Waals surface area contributed by atoms with Crippen LogP contribution in [0.5, 0.6) is 0 Å². The first-order chi connectivity index (χ1) is 15.5. The zero-order chi connectivity index (χ0) is 22.6. The summed E-state index contributed by atoms with van der Waals surface area (Å²) in [7, 11) is 0. The molecule has 0 radical (unpaired) electrons. The van der Waals surface area contributed by atoms with Crippen LogP contribution < -0.4 is 0 Å². The molecule has 0 heterocycles. The van der Waals surface area contributed by atoms with Gasteiger partial charge in [-0.05, 0) is 105 Å². The smallest absolute Gasteiger partial charge is 0.0543 e. The van der Waals surface area contributed by atoms with Gasteiger partial charge in [0.25, 0.3) is 0 Å². The third-order valence-corrected chi connectivity index (χ3v) is 11.2. The summed E-state index contributed by atoms with van der Waals surface area (Å²) < 4.78 is 0. The maximum absolute atomic E-state index is 10.3. The minimum Gasteiger partial charge on any atom is -0.393 e. The van der Waals surface area contributed by atoms with Crippen molar-refractivity contribution in [3.05, 3.63) is 11.6 Å². The Morgan fingerprint density at radius 2 is 1.53 bits per heavy atom. The van der Waals surface area contributed by atoms with E-state index in [-0.39, 0.29) is 6.10 Å². The summed E-state index contributed by atoms with van der Waals surface area (Å²) in [6.07, 6.45) is 29.0. The van der Waals surface area contributed by atoms with Crippen LogP contribution in [0.4, 0.5) is 0 Å². The fourth-order valence-corrected chi connectivity index (χ4v) is 9.15. The number of aliphatic hydroxyl groups is 1. The molecule has 0 amide bonds. The van der Waals surface area contributed by atoms with Crippen molar-refractivity contribution in [1.29, 1.82) is 0 Å². The SMILES string of the molecule is CCCCCCCCCCC/C=C1/CCC2C3CCC4C[C@H](O)CC[C@]4(C)C3CC[C@]12C. The van der Waals surface area contributed by atoms with Gasteiger partial charge in [-0.15, -0.1) is 0 Å². The first kappa shape index (κ1) is 24.8. The second kappa shape index (κ2) is 11.0. The van der Waals surface area contributed by atoms with Crippen LogP contribution in [-0.4, -0.2) is 11.2 Å². The van der Waals surface area contributed by atoms with E-state index >= 15 is 0 Å². The minimum absolute atomic E-state index is 0.0134. The Labute approximate surface area is 200 Å². The molecule has 4 fully saturated rings. The summed E-state index contributed by atoms with van der Waals surface area (Å²) in [6.45, 7) is 7.58. The Morgan fingerprint density at radius 3 is 2.28 bits per heavy atom. The van der Waals surface area contributed by atoms with E-state index in [4.69, 9.17) is 0 Å². The van der Waals surface area contributed by atoms with Crippen molar-refractivity contribution < 1.29 is 5.11 Å². The summed E-state index contributed by atoms with van der Waals surface area (Å²) in [5, 5.41) is 10.3. The largest absolute Gasteiger partial charge is 0.393 e. The summed E-state index contributed by atoms with van der Waals surface area (Å²) in [6, 6.07) is 0. The lowest BCUT2D eigenvalue weighted by atomic mass is 9.45. The normalized spacial score (nSPS) is 42.5. The van der Waals surface area contributed by atoms with Crippen LogP contribution in [0.2, 0.25) is 0 Å². The number of fused-ring (bicyclic) bond motifs is 5. The third-order valence-electron chi connectivity index (χ3n) is 11.2. The van der Waals surface area contributed by atoms with Gasteiger partial charge in [0.15, 0.2) is 0 Å². The van der Waals surface area contributed by atoms with Crippen LogP contribution in [0.15, 0.2) is 11.6 Å². The van der Waals surface area contributed by atoms with Crippen molar-refractivity contribution in [3.63, 3.8) is 0 Å². The van der Waals surface area contributed by atoms with Crippen LogP contribution in [0.3, 0.4) is 0 Å². The molecule has 4 aliphatic rings. The Bertz CT molecular complexity index is 622. The second-order valence-corrected chi connectivity index (χ2v) is 12.9. The third kappa shape index (κ3) is 5.04. The van der Waals surface area contributed by atoms with E-state index in [2.05, 4.69) is 26.8 Å². The summed E-state index contributed by atoms with van der Waals surface area (Å²) >= 11 is 0. The van der Waals surface area contributed by atoms with Crippen molar-refractivity contribution in [2.75, 3.05) is 0 Å². The van der Waals surface area contributed by atoms with Crippen molar-refractivity contribution in [2.24, 2.45) is 34.5 Å². The number of hydrogen-bond donors (Lipinski definition) is 1. The average molecular weight is 443 g/mol. The number of aliphatic hydroxyl groups excluding tert-OH is 1. The van der Waals surface area contributed by atoms with E-state index in [9.17, 15) is 5.11 Å². The first-order valence-corrected chi connectivity index (χ1v) is 14.9. The molecule has 0 saturated heterocycles. The Balaban J connectivity index is 1.26. The van der Waals surface area contributed by atoms with Gasteiger partial charge in [-0.25, -0.2) is 0 Å². The molecule has 7 atom stereocenters. The molecule has 0 bridgehead atoms. The van der Waals surface area contributed by atoms with Gasteiger partial charge >= 0.3 is 0 Å². The van der Waals surface area contributed by atoms with E-state index in [1.807, 2.05) is 5.57 Å². The van der Waals surface area contributed by atoms with Gasteiger partial charge in [-0.1, -0.05) is 83.8 Å². The van der Waals surface area contributed by atoms with Crippen molar-refractivity contribution >= 4 is 0 Å². The maximum Gasteiger partial charge on any atom is 0.0543 e. The first-order valence-electron chi connectivity index (χ1n) is 14.9. The molecule has 0 aromatic heterocycles. The quantitative estimate of drug-likeness (QED) is 0.264. The predicted molar refractivity (Wildman–Crippen MR) is 138 cm³/mol. The molecule has 4 rings (SSSR count). The lowest BCUT2D eigenvalue weighted by molar-refractivity contribution is -0.116. The molecule has 0 aromatic rings. The second-order valence-electron chi connectivity index (χ2n) is 12.9. The van der Waals surface area contributed by atoms with Crippen LogP contribution in [0.25, 0.3) is 0 Å². The molecule has 1 heteroatoms. The lowest BCUT2D eigenvalue weighted by Gasteiger charge is -2.60. The van der Waals surface area contributed by atoms with Crippen LogP contribution in [-0.2, 0) is 0 Å².